The Morgan fingerprint density at radius 3 is 1.75 bits per heavy atom. The molecule has 0 aromatic heterocycles. The molecule has 0 aromatic rings. The van der Waals surface area contributed by atoms with E-state index >= 15 is 0 Å². The van der Waals surface area contributed by atoms with Gasteiger partial charge in [0.25, 0.3) is 0 Å². The Labute approximate surface area is 198 Å². The predicted octanol–water partition coefficient (Wildman–Crippen LogP) is 5.27. The lowest BCUT2D eigenvalue weighted by molar-refractivity contribution is -0.114. The van der Waals surface area contributed by atoms with E-state index in [4.69, 9.17) is 9.68 Å². The van der Waals surface area contributed by atoms with Crippen molar-refractivity contribution in [3.63, 3.8) is 0 Å². The number of amides is 2. The molecule has 0 radical (unpaired) electrons. The van der Waals surface area contributed by atoms with Gasteiger partial charge < -0.3 is 0 Å². The van der Waals surface area contributed by atoms with Gasteiger partial charge in [-0.3, -0.25) is 14.5 Å². The number of ketones is 1. The van der Waals surface area contributed by atoms with Gasteiger partial charge in [-0.2, -0.15) is 0 Å². The highest BCUT2D eigenvalue weighted by atomic mass is 32.2. The summed E-state index contributed by atoms with van der Waals surface area (Å²) in [5.74, 6) is -0.0394. The van der Waals surface area contributed by atoms with Crippen LogP contribution in [0.4, 0.5) is 9.59 Å². The van der Waals surface area contributed by atoms with Gasteiger partial charge in [0.1, 0.15) is 10.8 Å². The van der Waals surface area contributed by atoms with Crippen LogP contribution in [0.3, 0.4) is 0 Å². The minimum Gasteiger partial charge on any atom is -0.297 e. The SMILES string of the molecule is CSC(C)=NOC(=O)N(C)SN(C)C(=O)ON=C1C=C(C(C)(C)C)C(=O)C(C(C)(C)C)=C1. The van der Waals surface area contributed by atoms with Crippen LogP contribution in [0.15, 0.2) is 33.6 Å². The van der Waals surface area contributed by atoms with Crippen LogP contribution >= 0.6 is 23.9 Å². The van der Waals surface area contributed by atoms with Crippen LogP contribution in [-0.2, 0) is 14.5 Å². The van der Waals surface area contributed by atoms with Gasteiger partial charge in [-0.25, -0.2) is 18.2 Å². The highest BCUT2D eigenvalue weighted by molar-refractivity contribution is 8.13. The second kappa shape index (κ2) is 11.0. The Morgan fingerprint density at radius 2 is 1.34 bits per heavy atom. The van der Waals surface area contributed by atoms with Gasteiger partial charge in [0.05, 0.1) is 12.1 Å². The molecule has 0 aliphatic heterocycles. The molecule has 9 nitrogen and oxygen atoms in total. The first-order valence-electron chi connectivity index (χ1n) is 9.81. The average molecular weight is 485 g/mol. The van der Waals surface area contributed by atoms with Gasteiger partial charge in [-0.15, -0.1) is 11.8 Å². The molecule has 0 aromatic carbocycles. The molecule has 0 N–H and O–H groups in total. The van der Waals surface area contributed by atoms with Gasteiger partial charge in [-0.1, -0.05) is 51.9 Å². The zero-order valence-corrected chi connectivity index (χ0v) is 21.9. The molecule has 32 heavy (non-hydrogen) atoms. The molecule has 0 unspecified atom stereocenters. The first-order valence-corrected chi connectivity index (χ1v) is 11.8. The number of allylic oxidation sites excluding steroid dienone is 4. The lowest BCUT2D eigenvalue weighted by Crippen LogP contribution is -2.30. The summed E-state index contributed by atoms with van der Waals surface area (Å²) >= 11 is 2.10. The lowest BCUT2D eigenvalue weighted by atomic mass is 9.72. The largest absolute Gasteiger partial charge is 0.447 e. The Morgan fingerprint density at radius 1 is 0.906 bits per heavy atom. The second-order valence-corrected chi connectivity index (χ2v) is 11.3. The maximum atomic E-state index is 12.9. The van der Waals surface area contributed by atoms with Crippen molar-refractivity contribution in [2.24, 2.45) is 21.1 Å². The smallest absolute Gasteiger partial charge is 0.297 e. The number of Topliss-reactive ketones (excluding diaryl/α,β-unsaturated/α-hetero) is 1. The summed E-state index contributed by atoms with van der Waals surface area (Å²) in [5.41, 5.74) is 0.733. The number of hydrogen-bond acceptors (Lipinski definition) is 9. The standard InChI is InChI=1S/C21H32N4O5S2/c1-13(31-10)22-29-18(27)24(8)32-25(9)19(28)30-23-14-11-15(20(2,3)4)17(26)16(12-14)21(5,6)7/h11-12H,1-10H3. The summed E-state index contributed by atoms with van der Waals surface area (Å²) in [5, 5.41) is 8.17. The minimum absolute atomic E-state index is 0.0394. The fourth-order valence-electron chi connectivity index (χ4n) is 2.38. The second-order valence-electron chi connectivity index (χ2n) is 9.07. The van der Waals surface area contributed by atoms with Crippen LogP contribution < -0.4 is 0 Å². The molecular formula is C21H32N4O5S2. The minimum atomic E-state index is -0.806. The van der Waals surface area contributed by atoms with E-state index in [1.807, 2.05) is 41.5 Å². The van der Waals surface area contributed by atoms with Gasteiger partial charge in [0.2, 0.25) is 0 Å². The van der Waals surface area contributed by atoms with E-state index in [9.17, 15) is 14.4 Å². The third-order valence-corrected chi connectivity index (χ3v) is 5.68. The van der Waals surface area contributed by atoms with Crippen LogP contribution in [0.2, 0.25) is 0 Å². The van der Waals surface area contributed by atoms with Crippen molar-refractivity contribution >= 4 is 52.6 Å². The van der Waals surface area contributed by atoms with Gasteiger partial charge in [0.15, 0.2) is 5.78 Å². The first-order chi connectivity index (χ1) is 14.6. The molecule has 11 heteroatoms. The third-order valence-electron chi connectivity index (χ3n) is 4.23. The van der Waals surface area contributed by atoms with E-state index in [1.165, 1.54) is 25.9 Å². The van der Waals surface area contributed by atoms with E-state index in [-0.39, 0.29) is 5.78 Å². The average Bonchev–Trinajstić information content (AvgIpc) is 2.68. The Bertz CT molecular complexity index is 844. The molecule has 1 aliphatic carbocycles. The van der Waals surface area contributed by atoms with Crippen LogP contribution in [0, 0.1) is 10.8 Å². The molecule has 2 amide bonds. The Kier molecular flexibility index (Phi) is 9.58. The topological polar surface area (TPSA) is 101 Å². The summed E-state index contributed by atoms with van der Waals surface area (Å²) in [6.45, 7) is 13.3. The predicted molar refractivity (Wildman–Crippen MR) is 130 cm³/mol. The molecule has 0 heterocycles. The van der Waals surface area contributed by atoms with E-state index in [0.29, 0.717) is 21.9 Å². The summed E-state index contributed by atoms with van der Waals surface area (Å²) in [6, 6.07) is 0. The fraction of sp³-hybridized carbons (Fsp3) is 0.571. The molecule has 1 rings (SSSR count). The van der Waals surface area contributed by atoms with E-state index in [2.05, 4.69) is 10.3 Å². The molecule has 0 atom stereocenters. The van der Waals surface area contributed by atoms with Crippen molar-refractivity contribution in [1.82, 2.24) is 8.61 Å². The number of thioether (sulfide) groups is 1. The van der Waals surface area contributed by atoms with E-state index < -0.39 is 23.0 Å². The van der Waals surface area contributed by atoms with Gasteiger partial charge in [0, 0.05) is 25.2 Å². The number of rotatable bonds is 4. The quantitative estimate of drug-likeness (QED) is 0.134. The van der Waals surface area contributed by atoms with Crippen molar-refractivity contribution in [2.75, 3.05) is 20.4 Å². The normalized spacial score (nSPS) is 15.0. The molecule has 0 saturated carbocycles. The van der Waals surface area contributed by atoms with Gasteiger partial charge in [-0.05, 0) is 36.2 Å². The van der Waals surface area contributed by atoms with Crippen molar-refractivity contribution in [3.8, 4) is 0 Å². The fourth-order valence-corrected chi connectivity index (χ4v) is 3.06. The molecule has 0 spiro atoms. The molecule has 1 aliphatic rings. The van der Waals surface area contributed by atoms with Gasteiger partial charge >= 0.3 is 12.2 Å². The van der Waals surface area contributed by atoms with Crippen LogP contribution in [0.5, 0.6) is 0 Å². The molecule has 178 valence electrons. The van der Waals surface area contributed by atoms with Crippen LogP contribution in [-0.4, -0.2) is 57.7 Å². The molecular weight excluding hydrogens is 452 g/mol. The van der Waals surface area contributed by atoms with Crippen molar-refractivity contribution < 1.29 is 24.1 Å². The number of carbonyl (C=O) groups excluding carboxylic acids is 3. The Hall–Kier alpha value is -2.27. The van der Waals surface area contributed by atoms with Crippen LogP contribution in [0.25, 0.3) is 0 Å². The van der Waals surface area contributed by atoms with Crippen LogP contribution in [0.1, 0.15) is 48.5 Å². The zero-order valence-electron chi connectivity index (χ0n) is 20.3. The maximum absolute atomic E-state index is 12.9. The lowest BCUT2D eigenvalue weighted by Gasteiger charge is -2.30. The molecule has 0 saturated heterocycles. The van der Waals surface area contributed by atoms with Crippen molar-refractivity contribution in [3.05, 3.63) is 23.3 Å². The number of nitrogens with zero attached hydrogens (tertiary/aromatic N) is 4. The first kappa shape index (κ1) is 27.8. The Balaban J connectivity index is 2.94. The van der Waals surface area contributed by atoms with E-state index in [1.54, 1.807) is 25.3 Å². The third kappa shape index (κ3) is 8.01. The van der Waals surface area contributed by atoms with E-state index in [0.717, 1.165) is 20.7 Å². The number of hydrogen-bond donors (Lipinski definition) is 0. The zero-order chi connectivity index (χ0) is 24.9. The summed E-state index contributed by atoms with van der Waals surface area (Å²) in [4.78, 5) is 47.0. The number of oxime groups is 2. The maximum Gasteiger partial charge on any atom is 0.447 e. The summed E-state index contributed by atoms with van der Waals surface area (Å²) in [6.07, 6.45) is 3.51. The molecule has 0 bridgehead atoms. The molecule has 0 fully saturated rings. The van der Waals surface area contributed by atoms with Crippen molar-refractivity contribution in [1.29, 1.82) is 0 Å². The summed E-state index contributed by atoms with van der Waals surface area (Å²) < 4.78 is 2.16. The number of carbonyl (C=O) groups is 3. The van der Waals surface area contributed by atoms with Crippen molar-refractivity contribution in [2.45, 2.75) is 48.5 Å². The highest BCUT2D eigenvalue weighted by Gasteiger charge is 2.34. The monoisotopic (exact) mass is 484 g/mol. The summed E-state index contributed by atoms with van der Waals surface area (Å²) in [7, 11) is 2.85. The highest BCUT2D eigenvalue weighted by Crippen LogP contribution is 2.37.